The standard InChI is InChI=1S/C11H18O3.C8H14O2.2C8H12O/c1-7(2)11-8(4-5-9(11)12)6-10(13)14-3;1-8(2,10)6-4-3-5-7(6)9;2*1-6(2)7-4-3-5-8(7)9/h7-8,11H,4-6H2,1-3H3;6,10H,3-5H2,1-2H3;3-5H2,1-2H3;4,6H,3,5H2,1-2H3. The molecule has 7 heteroatoms. The molecule has 0 saturated heterocycles. The van der Waals surface area contributed by atoms with Crippen LogP contribution in [0, 0.1) is 29.6 Å². The van der Waals surface area contributed by atoms with Crippen LogP contribution in [0.3, 0.4) is 0 Å². The monoisotopic (exact) mass is 588 g/mol. The Morgan fingerprint density at radius 2 is 1.55 bits per heavy atom. The third-order valence-electron chi connectivity index (χ3n) is 8.62. The van der Waals surface area contributed by atoms with E-state index in [1.54, 1.807) is 13.8 Å². The van der Waals surface area contributed by atoms with Crippen molar-refractivity contribution >= 4 is 29.1 Å². The summed E-state index contributed by atoms with van der Waals surface area (Å²) in [5.41, 5.74) is 2.52. The largest absolute Gasteiger partial charge is 0.469 e. The quantitative estimate of drug-likeness (QED) is 0.273. The second kappa shape index (κ2) is 17.6. The lowest BCUT2D eigenvalue weighted by molar-refractivity contribution is -0.142. The fourth-order valence-electron chi connectivity index (χ4n) is 6.36. The summed E-state index contributed by atoms with van der Waals surface area (Å²) in [5, 5.41) is 9.47. The molecule has 0 bridgehead atoms. The Morgan fingerprint density at radius 1 is 0.905 bits per heavy atom. The summed E-state index contributed by atoms with van der Waals surface area (Å²) < 4.78 is 4.63. The number of rotatable bonds is 5. The first kappa shape index (κ1) is 37.6. The van der Waals surface area contributed by atoms with Gasteiger partial charge in [-0.1, -0.05) is 39.3 Å². The van der Waals surface area contributed by atoms with Crippen LogP contribution in [0.4, 0.5) is 0 Å². The highest BCUT2D eigenvalue weighted by atomic mass is 16.5. The van der Waals surface area contributed by atoms with E-state index in [0.717, 1.165) is 62.5 Å². The van der Waals surface area contributed by atoms with Gasteiger partial charge >= 0.3 is 5.97 Å². The summed E-state index contributed by atoms with van der Waals surface area (Å²) >= 11 is 0. The molecule has 0 aromatic rings. The van der Waals surface area contributed by atoms with E-state index in [1.807, 2.05) is 27.7 Å². The van der Waals surface area contributed by atoms with E-state index in [-0.39, 0.29) is 29.5 Å². The van der Waals surface area contributed by atoms with E-state index in [0.29, 0.717) is 48.4 Å². The van der Waals surface area contributed by atoms with Crippen LogP contribution in [0.15, 0.2) is 22.8 Å². The minimum absolute atomic E-state index is 0.0640. The molecule has 0 aromatic carbocycles. The van der Waals surface area contributed by atoms with Gasteiger partial charge in [0.2, 0.25) is 0 Å². The Hall–Kier alpha value is -2.41. The van der Waals surface area contributed by atoms with Gasteiger partial charge in [-0.2, -0.15) is 0 Å². The normalized spacial score (nSPS) is 23.7. The van der Waals surface area contributed by atoms with Crippen molar-refractivity contribution in [1.29, 1.82) is 0 Å². The van der Waals surface area contributed by atoms with Crippen molar-refractivity contribution in [3.05, 3.63) is 22.8 Å². The molecule has 0 amide bonds. The van der Waals surface area contributed by atoms with Gasteiger partial charge in [0.05, 0.1) is 12.7 Å². The fraction of sp³-hybridized carbons (Fsp3) is 0.743. The summed E-state index contributed by atoms with van der Waals surface area (Å²) in [6.07, 6.45) is 11.0. The molecule has 3 fully saturated rings. The lowest BCUT2D eigenvalue weighted by Gasteiger charge is -2.23. The molecule has 3 unspecified atom stereocenters. The number of hydrogen-bond donors (Lipinski definition) is 1. The van der Waals surface area contributed by atoms with Crippen molar-refractivity contribution in [2.24, 2.45) is 29.6 Å². The van der Waals surface area contributed by atoms with Crippen LogP contribution in [0.5, 0.6) is 0 Å². The number of hydrogen-bond acceptors (Lipinski definition) is 7. The number of allylic oxidation sites excluding steroid dienone is 4. The number of aliphatic hydroxyl groups is 1. The third kappa shape index (κ3) is 12.1. The molecule has 1 N–H and O–H groups in total. The number of esters is 1. The molecule has 0 heterocycles. The topological polar surface area (TPSA) is 115 Å². The predicted molar refractivity (Wildman–Crippen MR) is 166 cm³/mol. The molecule has 4 aliphatic rings. The molecule has 0 aromatic heterocycles. The van der Waals surface area contributed by atoms with E-state index in [1.165, 1.54) is 12.7 Å². The predicted octanol–water partition coefficient (Wildman–Crippen LogP) is 6.93. The van der Waals surface area contributed by atoms with Crippen LogP contribution >= 0.6 is 0 Å². The number of methoxy groups -OCH3 is 1. The van der Waals surface area contributed by atoms with Crippen molar-refractivity contribution in [3.8, 4) is 0 Å². The maximum absolute atomic E-state index is 11.5. The van der Waals surface area contributed by atoms with Gasteiger partial charge in [-0.3, -0.25) is 24.0 Å². The molecule has 238 valence electrons. The minimum Gasteiger partial charge on any atom is -0.469 e. The molecule has 0 spiro atoms. The van der Waals surface area contributed by atoms with Gasteiger partial charge in [-0.05, 0) is 95.1 Å². The summed E-state index contributed by atoms with van der Waals surface area (Å²) in [4.78, 5) is 55.6. The zero-order valence-electron chi connectivity index (χ0n) is 27.6. The number of carbonyl (C=O) groups is 5. The Bertz CT molecular complexity index is 1020. The summed E-state index contributed by atoms with van der Waals surface area (Å²) in [7, 11) is 1.39. The molecule has 0 radical (unpaired) electrons. The minimum atomic E-state index is -0.798. The van der Waals surface area contributed by atoms with Crippen LogP contribution in [0.25, 0.3) is 0 Å². The zero-order valence-corrected chi connectivity index (χ0v) is 27.6. The van der Waals surface area contributed by atoms with E-state index < -0.39 is 5.60 Å². The highest BCUT2D eigenvalue weighted by Gasteiger charge is 2.38. The van der Waals surface area contributed by atoms with Crippen LogP contribution < -0.4 is 0 Å². The number of ether oxygens (including phenoxy) is 1. The van der Waals surface area contributed by atoms with Gasteiger partial charge < -0.3 is 9.84 Å². The summed E-state index contributed by atoms with van der Waals surface area (Å²) in [6, 6.07) is 0. The second-order valence-corrected chi connectivity index (χ2v) is 13.4. The highest BCUT2D eigenvalue weighted by molar-refractivity contribution is 5.98. The van der Waals surface area contributed by atoms with E-state index in [4.69, 9.17) is 0 Å². The van der Waals surface area contributed by atoms with E-state index in [2.05, 4.69) is 24.7 Å². The Labute approximate surface area is 253 Å². The van der Waals surface area contributed by atoms with Gasteiger partial charge in [0.25, 0.3) is 0 Å². The molecule has 42 heavy (non-hydrogen) atoms. The first-order valence-electron chi connectivity index (χ1n) is 15.8. The summed E-state index contributed by atoms with van der Waals surface area (Å²) in [6.45, 7) is 15.7. The molecule has 3 saturated carbocycles. The molecular weight excluding hydrogens is 532 g/mol. The Morgan fingerprint density at radius 3 is 1.86 bits per heavy atom. The van der Waals surface area contributed by atoms with Gasteiger partial charge in [-0.15, -0.1) is 0 Å². The number of Topliss-reactive ketones (excluding diaryl/α,β-unsaturated/α-hetero) is 4. The van der Waals surface area contributed by atoms with Crippen LogP contribution in [-0.2, 0) is 28.7 Å². The zero-order chi connectivity index (χ0) is 32.2. The summed E-state index contributed by atoms with van der Waals surface area (Å²) in [5.74, 6) is 1.99. The van der Waals surface area contributed by atoms with Crippen LogP contribution in [-0.4, -0.2) is 46.9 Å². The second-order valence-electron chi connectivity index (χ2n) is 13.4. The van der Waals surface area contributed by atoms with E-state index in [9.17, 15) is 29.1 Å². The van der Waals surface area contributed by atoms with Gasteiger partial charge in [0.15, 0.2) is 11.6 Å². The molecule has 3 atom stereocenters. The average Bonchev–Trinajstić information content (AvgIpc) is 3.68. The molecular formula is C35H56O7. The molecule has 7 nitrogen and oxygen atoms in total. The van der Waals surface area contributed by atoms with Gasteiger partial charge in [0, 0.05) is 43.9 Å². The van der Waals surface area contributed by atoms with Gasteiger partial charge in [0.1, 0.15) is 11.6 Å². The Balaban J connectivity index is 0.000000285. The Kier molecular flexibility index (Phi) is 15.8. The van der Waals surface area contributed by atoms with Crippen molar-refractivity contribution in [2.45, 2.75) is 132 Å². The maximum atomic E-state index is 11.5. The molecule has 4 aliphatic carbocycles. The highest BCUT2D eigenvalue weighted by Crippen LogP contribution is 2.36. The molecule has 4 rings (SSSR count). The van der Waals surface area contributed by atoms with Crippen LogP contribution in [0.1, 0.15) is 126 Å². The molecule has 0 aliphatic heterocycles. The maximum Gasteiger partial charge on any atom is 0.305 e. The van der Waals surface area contributed by atoms with Crippen molar-refractivity contribution in [3.63, 3.8) is 0 Å². The first-order chi connectivity index (χ1) is 19.5. The lowest BCUT2D eigenvalue weighted by atomic mass is 9.84. The fourth-order valence-corrected chi connectivity index (χ4v) is 6.36. The smallest absolute Gasteiger partial charge is 0.305 e. The third-order valence-corrected chi connectivity index (χ3v) is 8.62. The van der Waals surface area contributed by atoms with E-state index >= 15 is 0 Å². The lowest BCUT2D eigenvalue weighted by Crippen LogP contribution is -2.33. The number of carbonyl (C=O) groups excluding carboxylic acids is 5. The average molecular weight is 589 g/mol. The van der Waals surface area contributed by atoms with Crippen molar-refractivity contribution in [2.75, 3.05) is 7.11 Å². The van der Waals surface area contributed by atoms with Crippen molar-refractivity contribution < 1.29 is 33.8 Å². The number of ketones is 4. The van der Waals surface area contributed by atoms with Crippen LogP contribution in [0.2, 0.25) is 0 Å². The van der Waals surface area contributed by atoms with Crippen molar-refractivity contribution in [1.82, 2.24) is 0 Å². The SMILES string of the molecule is CC(C)(O)C1CCCC1=O.CC(C)=C1CCCC1=O.CC(C)C1=CCCC1=O.COC(=O)CC1CCC(=O)C1C(C)C. The first-order valence-corrected chi connectivity index (χ1v) is 15.8. The van der Waals surface area contributed by atoms with Gasteiger partial charge in [-0.25, -0.2) is 0 Å².